The van der Waals surface area contributed by atoms with Gasteiger partial charge in [-0.25, -0.2) is 0 Å². The predicted molar refractivity (Wildman–Crippen MR) is 82.4 cm³/mol. The van der Waals surface area contributed by atoms with Gasteiger partial charge in [0.15, 0.2) is 0 Å². The second-order valence-electron chi connectivity index (χ2n) is 7.36. The molecule has 1 aromatic rings. The highest BCUT2D eigenvalue weighted by Gasteiger charge is 2.18. The number of benzene rings is 1. The maximum Gasteiger partial charge on any atom is 0.0440 e. The van der Waals surface area contributed by atoms with Gasteiger partial charge in [0.05, 0.1) is 0 Å². The fraction of sp³-hybridized carbons (Fsp3) is 0.647. The number of hydrogen-bond acceptors (Lipinski definition) is 0. The smallest absolute Gasteiger partial charge is 0.0440 e. The van der Waals surface area contributed by atoms with Crippen LogP contribution < -0.4 is 0 Å². The Hall–Kier alpha value is -0.490. The quantitative estimate of drug-likeness (QED) is 0.636. The van der Waals surface area contributed by atoms with Crippen molar-refractivity contribution < 1.29 is 0 Å². The molecule has 0 aromatic heterocycles. The van der Waals surface area contributed by atoms with Crippen molar-refractivity contribution in [1.82, 2.24) is 0 Å². The van der Waals surface area contributed by atoms with Crippen molar-refractivity contribution in [1.29, 1.82) is 0 Å². The summed E-state index contributed by atoms with van der Waals surface area (Å²) in [7, 11) is 0. The third-order valence-corrected chi connectivity index (χ3v) is 3.83. The highest BCUT2D eigenvalue weighted by molar-refractivity contribution is 6.31. The summed E-state index contributed by atoms with van der Waals surface area (Å²) < 4.78 is 0. The molecular weight excluding hydrogens is 240 g/mol. The molecule has 0 bridgehead atoms. The molecule has 0 atom stereocenters. The second kappa shape index (κ2) is 5.65. The highest BCUT2D eigenvalue weighted by atomic mass is 35.5. The fourth-order valence-corrected chi connectivity index (χ4v) is 2.37. The van der Waals surface area contributed by atoms with Gasteiger partial charge < -0.3 is 0 Å². The van der Waals surface area contributed by atoms with Gasteiger partial charge in [0, 0.05) is 5.02 Å². The minimum absolute atomic E-state index is 0.313. The maximum absolute atomic E-state index is 6.42. The molecule has 1 rings (SSSR count). The Morgan fingerprint density at radius 2 is 1.61 bits per heavy atom. The van der Waals surface area contributed by atoms with E-state index in [1.165, 1.54) is 17.5 Å². The summed E-state index contributed by atoms with van der Waals surface area (Å²) in [4.78, 5) is 0. The van der Waals surface area contributed by atoms with Crippen molar-refractivity contribution >= 4 is 11.6 Å². The van der Waals surface area contributed by atoms with Gasteiger partial charge >= 0.3 is 0 Å². The van der Waals surface area contributed by atoms with Crippen LogP contribution in [0.2, 0.25) is 5.02 Å². The molecule has 0 saturated heterocycles. The molecule has 0 aliphatic rings. The summed E-state index contributed by atoms with van der Waals surface area (Å²) in [5, 5.41) is 0.929. The van der Waals surface area contributed by atoms with Crippen molar-refractivity contribution in [2.75, 3.05) is 0 Å². The van der Waals surface area contributed by atoms with E-state index in [0.29, 0.717) is 10.8 Å². The topological polar surface area (TPSA) is 0 Å². The Kier molecular flexibility index (Phi) is 4.89. The average Bonchev–Trinajstić information content (AvgIpc) is 2.20. The zero-order valence-corrected chi connectivity index (χ0v) is 13.5. The summed E-state index contributed by atoms with van der Waals surface area (Å²) >= 11 is 6.42. The molecular formula is C17H27Cl. The molecule has 0 aliphatic heterocycles. The van der Waals surface area contributed by atoms with E-state index in [-0.39, 0.29) is 0 Å². The molecule has 1 heteroatoms. The van der Waals surface area contributed by atoms with E-state index in [0.717, 1.165) is 17.9 Å². The number of rotatable bonds is 4. The van der Waals surface area contributed by atoms with Gasteiger partial charge in [0.2, 0.25) is 0 Å². The molecule has 0 amide bonds. The minimum Gasteiger partial charge on any atom is -0.0840 e. The molecule has 18 heavy (non-hydrogen) atoms. The predicted octanol–water partition coefficient (Wildman–Crippen LogP) is 5.91. The van der Waals surface area contributed by atoms with Crippen LogP contribution in [0.5, 0.6) is 0 Å². The Balaban J connectivity index is 2.87. The van der Waals surface area contributed by atoms with Crippen molar-refractivity contribution in [2.24, 2.45) is 10.8 Å². The lowest BCUT2D eigenvalue weighted by Crippen LogP contribution is -2.14. The maximum atomic E-state index is 6.42. The van der Waals surface area contributed by atoms with Gasteiger partial charge in [0.1, 0.15) is 0 Å². The van der Waals surface area contributed by atoms with Gasteiger partial charge in [-0.2, -0.15) is 0 Å². The van der Waals surface area contributed by atoms with E-state index in [1.807, 2.05) is 0 Å². The monoisotopic (exact) mass is 266 g/mol. The van der Waals surface area contributed by atoms with E-state index in [4.69, 9.17) is 11.6 Å². The molecule has 0 aliphatic carbocycles. The van der Waals surface area contributed by atoms with Crippen molar-refractivity contribution in [2.45, 2.75) is 60.8 Å². The molecule has 0 N–H and O–H groups in total. The molecule has 1 aromatic carbocycles. The van der Waals surface area contributed by atoms with Crippen LogP contribution in [0.1, 0.15) is 59.1 Å². The van der Waals surface area contributed by atoms with Crippen molar-refractivity contribution in [3.05, 3.63) is 34.3 Å². The third kappa shape index (κ3) is 5.02. The van der Waals surface area contributed by atoms with Crippen LogP contribution in [0.3, 0.4) is 0 Å². The first kappa shape index (κ1) is 15.6. The SMILES string of the molecule is CCC(C)(C)Cc1ccc(CC(C)(C)C)cc1Cl. The first-order valence-corrected chi connectivity index (χ1v) is 7.28. The molecule has 0 unspecified atom stereocenters. The summed E-state index contributed by atoms with van der Waals surface area (Å²) in [5.74, 6) is 0. The zero-order chi connectivity index (χ0) is 14.0. The van der Waals surface area contributed by atoms with Gasteiger partial charge in [0.25, 0.3) is 0 Å². The largest absolute Gasteiger partial charge is 0.0840 e. The molecule has 0 heterocycles. The Bertz CT molecular complexity index is 397. The lowest BCUT2D eigenvalue weighted by molar-refractivity contribution is 0.349. The second-order valence-corrected chi connectivity index (χ2v) is 7.76. The Labute approximate surface area is 118 Å². The van der Waals surface area contributed by atoms with E-state index in [9.17, 15) is 0 Å². The highest BCUT2D eigenvalue weighted by Crippen LogP contribution is 2.31. The van der Waals surface area contributed by atoms with Crippen LogP contribution in [0.25, 0.3) is 0 Å². The first-order chi connectivity index (χ1) is 8.13. The third-order valence-electron chi connectivity index (χ3n) is 3.48. The van der Waals surface area contributed by atoms with Crippen molar-refractivity contribution in [3.63, 3.8) is 0 Å². The van der Waals surface area contributed by atoms with E-state index in [1.54, 1.807) is 0 Å². The summed E-state index contributed by atoms with van der Waals surface area (Å²) in [6.07, 6.45) is 3.30. The Morgan fingerprint density at radius 3 is 2.06 bits per heavy atom. The standard InChI is InChI=1S/C17H27Cl/c1-7-17(5,6)12-14-9-8-13(10-15(14)18)11-16(2,3)4/h8-10H,7,11-12H2,1-6H3. The van der Waals surface area contributed by atoms with Crippen LogP contribution in [0.15, 0.2) is 18.2 Å². The molecule has 0 spiro atoms. The van der Waals surface area contributed by atoms with E-state index >= 15 is 0 Å². The molecule has 102 valence electrons. The summed E-state index contributed by atoms with van der Waals surface area (Å²) in [6.45, 7) is 13.6. The van der Waals surface area contributed by atoms with Crippen LogP contribution in [0.4, 0.5) is 0 Å². The van der Waals surface area contributed by atoms with Crippen molar-refractivity contribution in [3.8, 4) is 0 Å². The Morgan fingerprint density at radius 1 is 1.00 bits per heavy atom. The van der Waals surface area contributed by atoms with Gasteiger partial charge in [-0.3, -0.25) is 0 Å². The van der Waals surface area contributed by atoms with Gasteiger partial charge in [-0.15, -0.1) is 0 Å². The van der Waals surface area contributed by atoms with Crippen LogP contribution in [-0.2, 0) is 12.8 Å². The average molecular weight is 267 g/mol. The summed E-state index contributed by atoms with van der Waals surface area (Å²) in [6, 6.07) is 6.59. The lowest BCUT2D eigenvalue weighted by Gasteiger charge is -2.24. The molecule has 0 saturated carbocycles. The fourth-order valence-electron chi connectivity index (χ4n) is 2.10. The zero-order valence-electron chi connectivity index (χ0n) is 12.7. The molecule has 0 fully saturated rings. The van der Waals surface area contributed by atoms with Gasteiger partial charge in [-0.1, -0.05) is 71.7 Å². The van der Waals surface area contributed by atoms with E-state index < -0.39 is 0 Å². The minimum atomic E-state index is 0.313. The lowest BCUT2D eigenvalue weighted by atomic mass is 9.82. The summed E-state index contributed by atoms with van der Waals surface area (Å²) in [5.41, 5.74) is 3.26. The van der Waals surface area contributed by atoms with Gasteiger partial charge in [-0.05, 0) is 40.9 Å². The molecule has 0 nitrogen and oxygen atoms in total. The van der Waals surface area contributed by atoms with Crippen LogP contribution >= 0.6 is 11.6 Å². The van der Waals surface area contributed by atoms with E-state index in [2.05, 4.69) is 59.7 Å². The van der Waals surface area contributed by atoms with Crippen LogP contribution in [0, 0.1) is 10.8 Å². The molecule has 0 radical (unpaired) electrons. The number of hydrogen-bond donors (Lipinski definition) is 0. The first-order valence-electron chi connectivity index (χ1n) is 6.90. The van der Waals surface area contributed by atoms with Crippen LogP contribution in [-0.4, -0.2) is 0 Å². The number of halogens is 1. The normalized spacial score (nSPS) is 12.8.